The van der Waals surface area contributed by atoms with Gasteiger partial charge in [0.2, 0.25) is 11.6 Å². The number of carbonyl (C=O) groups is 3. The molecule has 0 bridgehead atoms. The molecule has 0 saturated heterocycles. The van der Waals surface area contributed by atoms with Crippen LogP contribution in [0.3, 0.4) is 0 Å². The highest BCUT2D eigenvalue weighted by Gasteiger charge is 2.63. The number of esters is 1. The van der Waals surface area contributed by atoms with E-state index in [1.54, 1.807) is 0 Å². The number of halogens is 5. The largest absolute Gasteiger partial charge is 0.463 e. The normalized spacial score (nSPS) is 12.1. The maximum absolute atomic E-state index is 12.3. The molecule has 0 aliphatic heterocycles. The van der Waals surface area contributed by atoms with E-state index in [9.17, 15) is 36.3 Å². The Labute approximate surface area is 85.4 Å². The third-order valence-corrected chi connectivity index (χ3v) is 1.44. The quantitative estimate of drug-likeness (QED) is 0.321. The number of ketones is 2. The number of carbonyl (C=O) groups excluding carboxylic acids is 3. The molecule has 0 heterocycles. The van der Waals surface area contributed by atoms with Gasteiger partial charge in [0.15, 0.2) is 0 Å². The zero-order valence-electron chi connectivity index (χ0n) is 7.73. The van der Waals surface area contributed by atoms with Crippen LogP contribution in [0.1, 0.15) is 6.42 Å². The number of hydrogen-bond acceptors (Lipinski definition) is 4. The average Bonchev–Trinajstić information content (AvgIpc) is 2.14. The fraction of sp³-hybridized carbons (Fsp3) is 0.571. The first-order valence-electron chi connectivity index (χ1n) is 3.63. The summed E-state index contributed by atoms with van der Waals surface area (Å²) in [7, 11) is 0.715. The van der Waals surface area contributed by atoms with Crippen molar-refractivity contribution in [1.82, 2.24) is 0 Å². The molecule has 0 aromatic rings. The van der Waals surface area contributed by atoms with E-state index in [0.29, 0.717) is 7.11 Å². The Hall–Kier alpha value is -1.54. The van der Waals surface area contributed by atoms with Crippen molar-refractivity contribution < 1.29 is 41.1 Å². The van der Waals surface area contributed by atoms with E-state index in [1.165, 1.54) is 0 Å². The fourth-order valence-corrected chi connectivity index (χ4v) is 0.601. The van der Waals surface area contributed by atoms with Crippen LogP contribution in [0, 0.1) is 0 Å². The van der Waals surface area contributed by atoms with Crippen molar-refractivity contribution in [3.05, 3.63) is 0 Å². The Morgan fingerprint density at radius 2 is 1.50 bits per heavy atom. The van der Waals surface area contributed by atoms with Gasteiger partial charge >= 0.3 is 18.1 Å². The maximum atomic E-state index is 12.3. The van der Waals surface area contributed by atoms with Crippen molar-refractivity contribution >= 4 is 17.5 Å². The lowest BCUT2D eigenvalue weighted by atomic mass is 10.1. The molecule has 0 radical (unpaired) electrons. The van der Waals surface area contributed by atoms with E-state index >= 15 is 0 Å². The molecule has 0 aliphatic rings. The Kier molecular flexibility index (Phi) is 4.10. The van der Waals surface area contributed by atoms with Crippen molar-refractivity contribution in [2.45, 2.75) is 18.5 Å². The standard InChI is InChI=1S/C7H5F5O4/c1-16-5(15)3(13)2-4(14)6(8,9)7(10,11)12/h2H2,1H3. The lowest BCUT2D eigenvalue weighted by Gasteiger charge is -2.17. The second-order valence-electron chi connectivity index (χ2n) is 2.59. The highest BCUT2D eigenvalue weighted by atomic mass is 19.4. The van der Waals surface area contributed by atoms with Crippen LogP contribution in [-0.4, -0.2) is 36.7 Å². The zero-order chi connectivity index (χ0) is 13.1. The molecule has 16 heavy (non-hydrogen) atoms. The molecule has 0 fully saturated rings. The van der Waals surface area contributed by atoms with Crippen molar-refractivity contribution in [3.8, 4) is 0 Å². The van der Waals surface area contributed by atoms with E-state index in [1.807, 2.05) is 0 Å². The third kappa shape index (κ3) is 2.97. The van der Waals surface area contributed by atoms with Crippen LogP contribution in [0.25, 0.3) is 0 Å². The minimum Gasteiger partial charge on any atom is -0.463 e. The SMILES string of the molecule is COC(=O)C(=O)CC(=O)C(F)(F)C(F)(F)F. The molecule has 0 spiro atoms. The second kappa shape index (κ2) is 4.54. The second-order valence-corrected chi connectivity index (χ2v) is 2.59. The van der Waals surface area contributed by atoms with Crippen LogP contribution >= 0.6 is 0 Å². The van der Waals surface area contributed by atoms with Gasteiger partial charge in [-0.2, -0.15) is 22.0 Å². The molecule has 0 unspecified atom stereocenters. The molecule has 0 amide bonds. The van der Waals surface area contributed by atoms with E-state index in [4.69, 9.17) is 0 Å². The summed E-state index contributed by atoms with van der Waals surface area (Å²) < 4.78 is 63.1. The van der Waals surface area contributed by atoms with Gasteiger partial charge in [-0.25, -0.2) is 4.79 Å². The molecule has 0 saturated carbocycles. The Bertz CT molecular complexity index is 319. The van der Waals surface area contributed by atoms with Gasteiger partial charge in [0.05, 0.1) is 13.5 Å². The molecule has 0 rings (SSSR count). The number of hydrogen-bond donors (Lipinski definition) is 0. The predicted octanol–water partition coefficient (Wildman–Crippen LogP) is 0.885. The summed E-state index contributed by atoms with van der Waals surface area (Å²) >= 11 is 0. The van der Waals surface area contributed by atoms with E-state index in [-0.39, 0.29) is 0 Å². The summed E-state index contributed by atoms with van der Waals surface area (Å²) in [4.78, 5) is 31.4. The van der Waals surface area contributed by atoms with Crippen LogP contribution in [0.5, 0.6) is 0 Å². The van der Waals surface area contributed by atoms with Gasteiger partial charge in [0.1, 0.15) is 0 Å². The van der Waals surface area contributed by atoms with Crippen molar-refractivity contribution in [3.63, 3.8) is 0 Å². The molecule has 92 valence electrons. The van der Waals surface area contributed by atoms with Gasteiger partial charge in [-0.1, -0.05) is 0 Å². The van der Waals surface area contributed by atoms with Gasteiger partial charge in [-0.3, -0.25) is 9.59 Å². The Balaban J connectivity index is 4.73. The Morgan fingerprint density at radius 3 is 1.81 bits per heavy atom. The molecule has 0 atom stereocenters. The molecule has 0 N–H and O–H groups in total. The zero-order valence-corrected chi connectivity index (χ0v) is 7.73. The Morgan fingerprint density at radius 1 is 1.06 bits per heavy atom. The number of rotatable bonds is 4. The number of alkyl halides is 5. The van der Waals surface area contributed by atoms with Gasteiger partial charge < -0.3 is 4.74 Å². The monoisotopic (exact) mass is 248 g/mol. The number of methoxy groups -OCH3 is 1. The molecule has 0 aromatic heterocycles. The van der Waals surface area contributed by atoms with Gasteiger partial charge in [0.25, 0.3) is 0 Å². The molecule has 0 aromatic carbocycles. The fourth-order valence-electron chi connectivity index (χ4n) is 0.601. The molecular weight excluding hydrogens is 243 g/mol. The molecule has 0 aliphatic carbocycles. The molecule has 4 nitrogen and oxygen atoms in total. The van der Waals surface area contributed by atoms with Gasteiger partial charge in [0, 0.05) is 0 Å². The minimum absolute atomic E-state index is 0.715. The van der Waals surface area contributed by atoms with Gasteiger partial charge in [-0.05, 0) is 0 Å². The highest BCUT2D eigenvalue weighted by molar-refractivity contribution is 6.37. The smallest absolute Gasteiger partial charge is 0.461 e. The summed E-state index contributed by atoms with van der Waals surface area (Å²) in [6.45, 7) is 0. The van der Waals surface area contributed by atoms with Crippen molar-refractivity contribution in [2.24, 2.45) is 0 Å². The third-order valence-electron chi connectivity index (χ3n) is 1.44. The van der Waals surface area contributed by atoms with E-state index in [0.717, 1.165) is 0 Å². The first kappa shape index (κ1) is 14.5. The number of ether oxygens (including phenoxy) is 1. The summed E-state index contributed by atoms with van der Waals surface area (Å²) in [5.74, 6) is -11.8. The number of Topliss-reactive ketones (excluding diaryl/α,β-unsaturated/α-hetero) is 2. The summed E-state index contributed by atoms with van der Waals surface area (Å²) in [6.07, 6.45) is -7.96. The van der Waals surface area contributed by atoms with E-state index in [2.05, 4.69) is 4.74 Å². The summed E-state index contributed by atoms with van der Waals surface area (Å²) in [5, 5.41) is 0. The van der Waals surface area contributed by atoms with Crippen LogP contribution < -0.4 is 0 Å². The maximum Gasteiger partial charge on any atom is 0.461 e. The van der Waals surface area contributed by atoms with E-state index < -0.39 is 36.1 Å². The van der Waals surface area contributed by atoms with Crippen LogP contribution in [-0.2, 0) is 19.1 Å². The predicted molar refractivity (Wildman–Crippen MR) is 37.6 cm³/mol. The van der Waals surface area contributed by atoms with Gasteiger partial charge in [-0.15, -0.1) is 0 Å². The minimum atomic E-state index is -6.10. The molecular formula is C7H5F5O4. The molecule has 9 heteroatoms. The lowest BCUT2D eigenvalue weighted by Crippen LogP contribution is -2.45. The average molecular weight is 248 g/mol. The first-order valence-corrected chi connectivity index (χ1v) is 3.63. The topological polar surface area (TPSA) is 60.4 Å². The first-order chi connectivity index (χ1) is 7.04. The highest BCUT2D eigenvalue weighted by Crippen LogP contribution is 2.36. The van der Waals surface area contributed by atoms with Crippen molar-refractivity contribution in [2.75, 3.05) is 7.11 Å². The van der Waals surface area contributed by atoms with Crippen LogP contribution in [0.2, 0.25) is 0 Å². The van der Waals surface area contributed by atoms with Crippen LogP contribution in [0.4, 0.5) is 22.0 Å². The van der Waals surface area contributed by atoms with Crippen LogP contribution in [0.15, 0.2) is 0 Å². The summed E-state index contributed by atoms with van der Waals surface area (Å²) in [5.41, 5.74) is 0. The summed E-state index contributed by atoms with van der Waals surface area (Å²) in [6, 6.07) is 0. The van der Waals surface area contributed by atoms with Crippen molar-refractivity contribution in [1.29, 1.82) is 0 Å². The lowest BCUT2D eigenvalue weighted by molar-refractivity contribution is -0.268.